The molecule has 0 spiro atoms. The highest BCUT2D eigenvalue weighted by molar-refractivity contribution is 4.89. The van der Waals surface area contributed by atoms with Crippen LogP contribution >= 0.6 is 0 Å². The molecule has 0 rings (SSSR count). The van der Waals surface area contributed by atoms with E-state index in [0.29, 0.717) is 0 Å². The average molecular weight is 274 g/mol. The molecule has 9 heteroatoms. The average Bonchev–Trinajstić information content (AvgIpc) is 2.15. The molecular formula is C8H10F8O. The molecule has 104 valence electrons. The second-order valence-corrected chi connectivity index (χ2v) is 3.80. The molecule has 2 atom stereocenters. The summed E-state index contributed by atoms with van der Waals surface area (Å²) in [6.07, 6.45) is -10.6. The van der Waals surface area contributed by atoms with E-state index in [1.54, 1.807) is 0 Å². The van der Waals surface area contributed by atoms with E-state index in [-0.39, 0.29) is 13.8 Å². The van der Waals surface area contributed by atoms with E-state index in [0.717, 1.165) is 0 Å². The van der Waals surface area contributed by atoms with Crippen molar-refractivity contribution in [2.45, 2.75) is 37.4 Å². The molecule has 0 fully saturated rings. The van der Waals surface area contributed by atoms with Crippen molar-refractivity contribution in [2.24, 2.45) is 0 Å². The molecule has 0 saturated heterocycles. The fourth-order valence-corrected chi connectivity index (χ4v) is 0.529. The lowest BCUT2D eigenvalue weighted by atomic mass is 10.1. The highest BCUT2D eigenvalue weighted by atomic mass is 19.3. The number of halogens is 8. The van der Waals surface area contributed by atoms with Gasteiger partial charge in [-0.3, -0.25) is 0 Å². The molecule has 0 bridgehead atoms. The zero-order valence-electron chi connectivity index (χ0n) is 8.85. The van der Waals surface area contributed by atoms with Gasteiger partial charge < -0.3 is 0 Å². The maximum absolute atomic E-state index is 12.8. The number of alkyl halides is 8. The maximum Gasteiger partial charge on any atom is 0.396 e. The monoisotopic (exact) mass is 274 g/mol. The SMILES string of the molecule is CC(F)(CF)C(F)(F)OC(F)(F)C(C)(F)CF. The molecule has 0 heterocycles. The summed E-state index contributed by atoms with van der Waals surface area (Å²) >= 11 is 0. The van der Waals surface area contributed by atoms with E-state index < -0.39 is 36.9 Å². The molecule has 0 aliphatic carbocycles. The largest absolute Gasteiger partial charge is 0.396 e. The molecular weight excluding hydrogens is 264 g/mol. The second kappa shape index (κ2) is 4.58. The summed E-state index contributed by atoms with van der Waals surface area (Å²) in [6, 6.07) is 0. The van der Waals surface area contributed by atoms with Crippen molar-refractivity contribution in [3.63, 3.8) is 0 Å². The van der Waals surface area contributed by atoms with Crippen molar-refractivity contribution in [2.75, 3.05) is 13.3 Å². The molecule has 0 N–H and O–H groups in total. The van der Waals surface area contributed by atoms with E-state index in [1.807, 2.05) is 0 Å². The molecule has 0 aliphatic heterocycles. The lowest BCUT2D eigenvalue weighted by Crippen LogP contribution is -2.55. The van der Waals surface area contributed by atoms with Crippen LogP contribution in [0.4, 0.5) is 35.1 Å². The lowest BCUT2D eigenvalue weighted by molar-refractivity contribution is -0.435. The summed E-state index contributed by atoms with van der Waals surface area (Å²) < 4.78 is 103. The molecule has 0 amide bonds. The van der Waals surface area contributed by atoms with Crippen molar-refractivity contribution in [3.8, 4) is 0 Å². The first kappa shape index (κ1) is 16.4. The fourth-order valence-electron chi connectivity index (χ4n) is 0.529. The molecule has 2 unspecified atom stereocenters. The van der Waals surface area contributed by atoms with E-state index in [1.165, 1.54) is 0 Å². The standard InChI is InChI=1S/C8H10F8O/c1-5(11,3-9)7(13,14)17-8(15,16)6(2,12)4-10/h3-4H2,1-2H3. The van der Waals surface area contributed by atoms with Gasteiger partial charge >= 0.3 is 12.2 Å². The summed E-state index contributed by atoms with van der Waals surface area (Å²) in [7, 11) is 0. The van der Waals surface area contributed by atoms with Crippen LogP contribution in [0.2, 0.25) is 0 Å². The van der Waals surface area contributed by atoms with Crippen LogP contribution in [-0.2, 0) is 4.74 Å². The van der Waals surface area contributed by atoms with Crippen molar-refractivity contribution in [1.29, 1.82) is 0 Å². The lowest BCUT2D eigenvalue weighted by Gasteiger charge is -2.34. The summed E-state index contributed by atoms with van der Waals surface area (Å²) in [6.45, 7) is -4.77. The van der Waals surface area contributed by atoms with Gasteiger partial charge in [0.1, 0.15) is 13.3 Å². The third-order valence-corrected chi connectivity index (χ3v) is 1.97. The zero-order valence-corrected chi connectivity index (χ0v) is 8.85. The van der Waals surface area contributed by atoms with Gasteiger partial charge in [-0.15, -0.1) is 0 Å². The van der Waals surface area contributed by atoms with E-state index in [4.69, 9.17) is 0 Å². The van der Waals surface area contributed by atoms with E-state index >= 15 is 0 Å². The molecule has 0 aromatic heterocycles. The van der Waals surface area contributed by atoms with Crippen LogP contribution in [-0.4, -0.2) is 36.9 Å². The van der Waals surface area contributed by atoms with Crippen LogP contribution < -0.4 is 0 Å². The van der Waals surface area contributed by atoms with Gasteiger partial charge in [-0.1, -0.05) is 0 Å². The molecule has 0 aromatic rings. The minimum Gasteiger partial charge on any atom is -0.250 e. The Balaban J connectivity index is 5.07. The quantitative estimate of drug-likeness (QED) is 0.673. The Morgan fingerprint density at radius 2 is 0.941 bits per heavy atom. The zero-order chi connectivity index (χ0) is 14.1. The first-order chi connectivity index (χ1) is 7.33. The van der Waals surface area contributed by atoms with Crippen LogP contribution in [0, 0.1) is 0 Å². The highest BCUT2D eigenvalue weighted by Gasteiger charge is 2.64. The van der Waals surface area contributed by atoms with Gasteiger partial charge in [-0.05, 0) is 13.8 Å². The number of hydrogen-bond acceptors (Lipinski definition) is 1. The Morgan fingerprint density at radius 1 is 0.706 bits per heavy atom. The molecule has 0 aromatic carbocycles. The second-order valence-electron chi connectivity index (χ2n) is 3.80. The Kier molecular flexibility index (Phi) is 4.42. The van der Waals surface area contributed by atoms with Gasteiger partial charge in [0.25, 0.3) is 0 Å². The number of rotatable bonds is 6. The van der Waals surface area contributed by atoms with Crippen molar-refractivity contribution in [3.05, 3.63) is 0 Å². The van der Waals surface area contributed by atoms with Crippen LogP contribution in [0.5, 0.6) is 0 Å². The maximum atomic E-state index is 12.8. The molecule has 1 nitrogen and oxygen atoms in total. The smallest absolute Gasteiger partial charge is 0.250 e. The van der Waals surface area contributed by atoms with Gasteiger partial charge in [-0.2, -0.15) is 17.6 Å². The Hall–Kier alpha value is -0.600. The minimum absolute atomic E-state index is 0.0475. The Labute approximate surface area is 91.7 Å². The summed E-state index contributed by atoms with van der Waals surface area (Å²) in [5, 5.41) is 0. The number of ether oxygens (including phenoxy) is 1. The van der Waals surface area contributed by atoms with Crippen molar-refractivity contribution in [1.82, 2.24) is 0 Å². The summed E-state index contributed by atoms with van der Waals surface area (Å²) in [4.78, 5) is 0. The molecule has 0 radical (unpaired) electrons. The van der Waals surface area contributed by atoms with Gasteiger partial charge in [0.2, 0.25) is 11.3 Å². The normalized spacial score (nSPS) is 20.8. The summed E-state index contributed by atoms with van der Waals surface area (Å²) in [5.74, 6) is 0. The van der Waals surface area contributed by atoms with Crippen molar-refractivity contribution < 1.29 is 39.9 Å². The van der Waals surface area contributed by atoms with Crippen LogP contribution in [0.25, 0.3) is 0 Å². The first-order valence-corrected chi connectivity index (χ1v) is 4.28. The van der Waals surface area contributed by atoms with Crippen LogP contribution in [0.3, 0.4) is 0 Å². The van der Waals surface area contributed by atoms with Crippen LogP contribution in [0.15, 0.2) is 0 Å². The van der Waals surface area contributed by atoms with E-state index in [9.17, 15) is 35.1 Å². The Morgan fingerprint density at radius 3 is 1.12 bits per heavy atom. The molecule has 0 saturated carbocycles. The molecule has 0 aliphatic rings. The molecule has 17 heavy (non-hydrogen) atoms. The predicted octanol–water partition coefficient (Wildman–Crippen LogP) is 3.58. The van der Waals surface area contributed by atoms with Crippen LogP contribution in [0.1, 0.15) is 13.8 Å². The van der Waals surface area contributed by atoms with E-state index in [2.05, 4.69) is 4.74 Å². The third-order valence-electron chi connectivity index (χ3n) is 1.97. The Bertz CT molecular complexity index is 236. The minimum atomic E-state index is -5.31. The van der Waals surface area contributed by atoms with Gasteiger partial charge in [0.15, 0.2) is 0 Å². The highest BCUT2D eigenvalue weighted by Crippen LogP contribution is 2.43. The topological polar surface area (TPSA) is 9.23 Å². The van der Waals surface area contributed by atoms with Gasteiger partial charge in [0.05, 0.1) is 0 Å². The van der Waals surface area contributed by atoms with Crippen molar-refractivity contribution >= 4 is 0 Å². The first-order valence-electron chi connectivity index (χ1n) is 4.28. The summed E-state index contributed by atoms with van der Waals surface area (Å²) in [5.41, 5.74) is -8.16. The van der Waals surface area contributed by atoms with Gasteiger partial charge in [-0.25, -0.2) is 22.3 Å². The third kappa shape index (κ3) is 3.20. The van der Waals surface area contributed by atoms with Gasteiger partial charge in [0, 0.05) is 0 Å². The number of hydrogen-bond donors (Lipinski definition) is 0. The fraction of sp³-hybridized carbons (Fsp3) is 1.00. The predicted molar refractivity (Wildman–Crippen MR) is 42.0 cm³/mol.